The maximum atomic E-state index is 12.1. The zero-order chi connectivity index (χ0) is 19.9. The average molecular weight is 379 g/mol. The van der Waals surface area contributed by atoms with Crippen LogP contribution in [-0.2, 0) is 16.6 Å². The molecule has 1 aromatic rings. The number of fused-ring (bicyclic) bond motifs is 1. The van der Waals surface area contributed by atoms with Gasteiger partial charge < -0.3 is 9.30 Å². The summed E-state index contributed by atoms with van der Waals surface area (Å²) < 4.78 is 7.19. The van der Waals surface area contributed by atoms with Gasteiger partial charge in [0.1, 0.15) is 0 Å². The number of hydrogen-bond acceptors (Lipinski definition) is 3. The summed E-state index contributed by atoms with van der Waals surface area (Å²) >= 11 is 0. The lowest BCUT2D eigenvalue weighted by atomic mass is 9.82. The third-order valence-electron chi connectivity index (χ3n) is 5.67. The lowest BCUT2D eigenvalue weighted by molar-refractivity contribution is -0.136. The van der Waals surface area contributed by atoms with Crippen LogP contribution in [0.4, 0.5) is 0 Å². The van der Waals surface area contributed by atoms with Crippen LogP contribution in [0.2, 0.25) is 0 Å². The molecule has 0 spiro atoms. The number of methoxy groups -OCH3 is 1. The van der Waals surface area contributed by atoms with Crippen LogP contribution in [0.5, 0.6) is 0 Å². The quantitative estimate of drug-likeness (QED) is 0.395. The highest BCUT2D eigenvalue weighted by molar-refractivity contribution is 5.95. The molecule has 0 aliphatic heterocycles. The van der Waals surface area contributed by atoms with Gasteiger partial charge in [0.25, 0.3) is 0 Å². The Labute approximate surface area is 168 Å². The van der Waals surface area contributed by atoms with Gasteiger partial charge in [-0.1, -0.05) is 43.6 Å². The predicted molar refractivity (Wildman–Crippen MR) is 117 cm³/mol. The van der Waals surface area contributed by atoms with E-state index < -0.39 is 0 Å². The number of ether oxygens (including phenoxy) is 1. The van der Waals surface area contributed by atoms with Gasteiger partial charge in [-0.25, -0.2) is 4.79 Å². The minimum Gasteiger partial charge on any atom is -0.466 e. The molecule has 148 valence electrons. The first-order valence-electron chi connectivity index (χ1n) is 10.1. The molecule has 4 nitrogen and oxygen atoms in total. The van der Waals surface area contributed by atoms with Gasteiger partial charge >= 0.3 is 5.97 Å². The van der Waals surface area contributed by atoms with Crippen molar-refractivity contribution in [1.29, 1.82) is 0 Å². The molecule has 1 saturated carbocycles. The Hall–Kier alpha value is -2.62. The highest BCUT2D eigenvalue weighted by atomic mass is 16.5. The van der Waals surface area contributed by atoms with Gasteiger partial charge in [-0.2, -0.15) is 0 Å². The van der Waals surface area contributed by atoms with E-state index in [4.69, 9.17) is 4.74 Å². The fourth-order valence-electron chi connectivity index (χ4n) is 4.29. The molecule has 0 amide bonds. The normalized spacial score (nSPS) is 18.0. The van der Waals surface area contributed by atoms with Gasteiger partial charge in [0.05, 0.1) is 7.11 Å². The maximum Gasteiger partial charge on any atom is 0.334 e. The smallest absolute Gasteiger partial charge is 0.334 e. The molecule has 4 heteroatoms. The summed E-state index contributed by atoms with van der Waals surface area (Å²) in [4.78, 5) is 16.1. The minimum absolute atomic E-state index is 0.253. The van der Waals surface area contributed by atoms with E-state index in [-0.39, 0.29) is 5.97 Å². The van der Waals surface area contributed by atoms with E-state index in [0.29, 0.717) is 17.9 Å². The Balaban J connectivity index is 2.10. The molecule has 1 fully saturated rings. The zero-order valence-electron chi connectivity index (χ0n) is 17.1. The van der Waals surface area contributed by atoms with Crippen molar-refractivity contribution in [2.45, 2.75) is 44.4 Å². The number of hydrogen-bond donors (Lipinski definition) is 0. The number of nitrogens with zero attached hydrogens (tertiary/aromatic N) is 2. The molecule has 1 aromatic heterocycles. The Morgan fingerprint density at radius 3 is 2.71 bits per heavy atom. The van der Waals surface area contributed by atoms with Crippen molar-refractivity contribution in [1.82, 2.24) is 4.57 Å². The fourth-order valence-corrected chi connectivity index (χ4v) is 4.29. The van der Waals surface area contributed by atoms with E-state index >= 15 is 0 Å². The Bertz CT molecular complexity index is 860. The average Bonchev–Trinajstić information content (AvgIpc) is 2.87. The first-order valence-corrected chi connectivity index (χ1v) is 10.1. The molecule has 0 atom stereocenters. The molecule has 0 saturated heterocycles. The van der Waals surface area contributed by atoms with Gasteiger partial charge in [0.2, 0.25) is 0 Å². The van der Waals surface area contributed by atoms with Crippen molar-refractivity contribution >= 4 is 30.4 Å². The Kier molecular flexibility index (Phi) is 6.85. The summed E-state index contributed by atoms with van der Waals surface area (Å²) in [5.41, 5.74) is 5.69. The predicted octanol–water partition coefficient (Wildman–Crippen LogP) is 5.32. The molecule has 0 unspecified atom stereocenters. The third kappa shape index (κ3) is 4.27. The first-order chi connectivity index (χ1) is 13.7. The van der Waals surface area contributed by atoms with E-state index in [9.17, 15) is 4.79 Å². The maximum absolute atomic E-state index is 12.1. The van der Waals surface area contributed by atoms with Gasteiger partial charge in [0, 0.05) is 42.8 Å². The SMILES string of the molecule is CN=C/C=C\C=C\c1c(C2CCCCC2)c2c(n1C)C=C(C(=O)OC)CC=C2. The summed E-state index contributed by atoms with van der Waals surface area (Å²) in [5, 5.41) is 0. The van der Waals surface area contributed by atoms with Gasteiger partial charge in [-0.05, 0) is 49.0 Å². The molecular weight excluding hydrogens is 348 g/mol. The molecule has 0 bridgehead atoms. The Morgan fingerprint density at radius 2 is 2.00 bits per heavy atom. The summed E-state index contributed by atoms with van der Waals surface area (Å²) in [6.07, 6.45) is 23.2. The number of allylic oxidation sites excluding steroid dienone is 4. The van der Waals surface area contributed by atoms with E-state index in [1.54, 1.807) is 13.3 Å². The summed E-state index contributed by atoms with van der Waals surface area (Å²) in [5.74, 6) is 0.319. The van der Waals surface area contributed by atoms with E-state index in [0.717, 1.165) is 5.69 Å². The van der Waals surface area contributed by atoms with E-state index in [1.165, 1.54) is 56.0 Å². The number of rotatable bonds is 5. The molecule has 0 radical (unpaired) electrons. The standard InChI is InChI=1S/C24H30N2O2/c1-25-16-9-5-8-15-21-23(18-11-6-4-7-12-18)20-14-10-13-19(24(27)28-3)17-22(20)26(21)2/h5,8-10,14-18H,4,6-7,11-13H2,1-3H3/b9-5-,15-8+,25-16?. The zero-order valence-corrected chi connectivity index (χ0v) is 17.1. The third-order valence-corrected chi connectivity index (χ3v) is 5.67. The molecule has 3 rings (SSSR count). The summed E-state index contributed by atoms with van der Waals surface area (Å²) in [6, 6.07) is 0. The van der Waals surface area contributed by atoms with Crippen LogP contribution < -0.4 is 0 Å². The highest BCUT2D eigenvalue weighted by Crippen LogP contribution is 2.41. The number of aromatic nitrogens is 1. The lowest BCUT2D eigenvalue weighted by Gasteiger charge is -2.23. The second kappa shape index (κ2) is 9.54. The van der Waals surface area contributed by atoms with Crippen molar-refractivity contribution in [3.05, 3.63) is 52.4 Å². The monoisotopic (exact) mass is 378 g/mol. The summed E-state index contributed by atoms with van der Waals surface area (Å²) in [7, 11) is 5.30. The molecule has 2 aliphatic rings. The molecule has 28 heavy (non-hydrogen) atoms. The van der Waals surface area contributed by atoms with Crippen LogP contribution >= 0.6 is 0 Å². The van der Waals surface area contributed by atoms with Crippen LogP contribution in [0.3, 0.4) is 0 Å². The van der Waals surface area contributed by atoms with Gasteiger partial charge in [-0.3, -0.25) is 4.99 Å². The lowest BCUT2D eigenvalue weighted by Crippen LogP contribution is -2.07. The van der Waals surface area contributed by atoms with Crippen LogP contribution in [0.25, 0.3) is 18.2 Å². The molecule has 1 heterocycles. The van der Waals surface area contributed by atoms with Gasteiger partial charge in [0.15, 0.2) is 0 Å². The molecule has 0 aromatic carbocycles. The molecular formula is C24H30N2O2. The van der Waals surface area contributed by atoms with E-state index in [2.05, 4.69) is 40.9 Å². The summed E-state index contributed by atoms with van der Waals surface area (Å²) in [6.45, 7) is 0. The number of aliphatic imine (C=N–C) groups is 1. The minimum atomic E-state index is -0.253. The molecule has 0 N–H and O–H groups in total. The highest BCUT2D eigenvalue weighted by Gasteiger charge is 2.27. The van der Waals surface area contributed by atoms with Crippen molar-refractivity contribution in [3.8, 4) is 0 Å². The number of carbonyl (C=O) groups excluding carboxylic acids is 1. The second-order valence-electron chi connectivity index (χ2n) is 7.41. The topological polar surface area (TPSA) is 43.6 Å². The van der Waals surface area contributed by atoms with Crippen LogP contribution in [0.15, 0.2) is 34.9 Å². The molecule has 2 aliphatic carbocycles. The second-order valence-corrected chi connectivity index (χ2v) is 7.41. The van der Waals surface area contributed by atoms with Crippen molar-refractivity contribution in [2.75, 3.05) is 14.2 Å². The van der Waals surface area contributed by atoms with Crippen molar-refractivity contribution < 1.29 is 9.53 Å². The van der Waals surface area contributed by atoms with E-state index in [1.807, 2.05) is 18.2 Å². The van der Waals surface area contributed by atoms with Crippen LogP contribution in [-0.4, -0.2) is 30.9 Å². The van der Waals surface area contributed by atoms with Crippen LogP contribution in [0, 0.1) is 0 Å². The largest absolute Gasteiger partial charge is 0.466 e. The van der Waals surface area contributed by atoms with Crippen molar-refractivity contribution in [2.24, 2.45) is 12.0 Å². The Morgan fingerprint density at radius 1 is 1.21 bits per heavy atom. The number of carbonyl (C=O) groups is 1. The first kappa shape index (κ1) is 20.1. The number of esters is 1. The van der Waals surface area contributed by atoms with Crippen LogP contribution in [0.1, 0.15) is 67.0 Å². The van der Waals surface area contributed by atoms with Gasteiger partial charge in [-0.15, -0.1) is 0 Å². The van der Waals surface area contributed by atoms with Crippen molar-refractivity contribution in [3.63, 3.8) is 0 Å². The fraction of sp³-hybridized carbons (Fsp3) is 0.417.